The van der Waals surface area contributed by atoms with Gasteiger partial charge < -0.3 is 5.21 Å². The van der Waals surface area contributed by atoms with Crippen LogP contribution in [0.1, 0.15) is 34.7 Å². The van der Waals surface area contributed by atoms with Crippen LogP contribution in [0, 0.1) is 12.9 Å². The van der Waals surface area contributed by atoms with Gasteiger partial charge in [0.25, 0.3) is 0 Å². The molecule has 0 atom stereocenters. The third-order valence-electron chi connectivity index (χ3n) is 4.18. The first-order chi connectivity index (χ1) is 12.2. The molecule has 0 radical (unpaired) electrons. The summed E-state index contributed by atoms with van der Waals surface area (Å²) in [5.74, 6) is -0.572. The predicted octanol–water partition coefficient (Wildman–Crippen LogP) is 4.93. The molecule has 1 aromatic heterocycles. The lowest BCUT2D eigenvalue weighted by Crippen LogP contribution is -2.11. The minimum Gasteiger partial charge on any atom is -0.411 e. The van der Waals surface area contributed by atoms with Crippen LogP contribution in [0.25, 0.3) is 0 Å². The zero-order chi connectivity index (χ0) is 17.6. The zero-order valence-corrected chi connectivity index (χ0v) is 13.9. The second-order valence-electron chi connectivity index (χ2n) is 5.94. The molecule has 126 valence electrons. The largest absolute Gasteiger partial charge is 0.411 e. The molecule has 4 heteroatoms. The molecule has 0 amide bonds. The Morgan fingerprint density at radius 3 is 2.04 bits per heavy atom. The average Bonchev–Trinajstić information content (AvgIpc) is 2.63. The van der Waals surface area contributed by atoms with Crippen LogP contribution in [-0.2, 0) is 0 Å². The normalized spacial score (nSPS) is 11.7. The second-order valence-corrected chi connectivity index (χ2v) is 5.94. The highest BCUT2D eigenvalue weighted by Crippen LogP contribution is 2.29. The molecule has 0 spiro atoms. The van der Waals surface area contributed by atoms with Crippen LogP contribution in [0.4, 0.5) is 4.39 Å². The highest BCUT2D eigenvalue weighted by atomic mass is 19.1. The van der Waals surface area contributed by atoms with E-state index in [4.69, 9.17) is 0 Å². The number of nitrogens with zero attached hydrogens (tertiary/aromatic N) is 2. The third-order valence-corrected chi connectivity index (χ3v) is 4.18. The van der Waals surface area contributed by atoms with Crippen LogP contribution in [-0.4, -0.2) is 15.9 Å². The van der Waals surface area contributed by atoms with Crippen LogP contribution in [0.3, 0.4) is 0 Å². The summed E-state index contributed by atoms with van der Waals surface area (Å²) in [5, 5.41) is 13.0. The SMILES string of the molecule is Cc1cc(C(CC(c2ccccc2)c2ccccc2)=NO)cc(F)n1. The van der Waals surface area contributed by atoms with Gasteiger partial charge in [-0.05, 0) is 24.1 Å². The Morgan fingerprint density at radius 2 is 1.56 bits per heavy atom. The maximum atomic E-state index is 13.7. The van der Waals surface area contributed by atoms with E-state index in [-0.39, 0.29) is 5.92 Å². The van der Waals surface area contributed by atoms with E-state index in [0.29, 0.717) is 23.4 Å². The number of hydrogen-bond donors (Lipinski definition) is 1. The number of hydrogen-bond acceptors (Lipinski definition) is 3. The lowest BCUT2D eigenvalue weighted by atomic mass is 9.85. The summed E-state index contributed by atoms with van der Waals surface area (Å²) >= 11 is 0. The van der Waals surface area contributed by atoms with E-state index < -0.39 is 5.95 Å². The van der Waals surface area contributed by atoms with E-state index in [1.54, 1.807) is 13.0 Å². The minimum absolute atomic E-state index is 0.00447. The van der Waals surface area contributed by atoms with Crippen molar-refractivity contribution in [1.82, 2.24) is 4.98 Å². The molecule has 0 aliphatic heterocycles. The van der Waals surface area contributed by atoms with Crippen molar-refractivity contribution in [3.63, 3.8) is 0 Å². The highest BCUT2D eigenvalue weighted by molar-refractivity contribution is 6.00. The molecule has 0 saturated heterocycles. The Morgan fingerprint density at radius 1 is 1.00 bits per heavy atom. The van der Waals surface area contributed by atoms with Gasteiger partial charge >= 0.3 is 0 Å². The van der Waals surface area contributed by atoms with Gasteiger partial charge in [-0.2, -0.15) is 4.39 Å². The molecular weight excluding hydrogens is 315 g/mol. The van der Waals surface area contributed by atoms with Gasteiger partial charge in [0.15, 0.2) is 0 Å². The van der Waals surface area contributed by atoms with Crippen LogP contribution in [0.15, 0.2) is 78.0 Å². The van der Waals surface area contributed by atoms with Crippen molar-refractivity contribution in [2.75, 3.05) is 0 Å². The highest BCUT2D eigenvalue weighted by Gasteiger charge is 2.19. The standard InChI is InChI=1S/C21H19FN2O/c1-15-12-18(13-21(22)23-15)20(24-25)14-19(16-8-4-2-5-9-16)17-10-6-3-7-11-17/h2-13,19,25H,14H2,1H3. The quantitative estimate of drug-likeness (QED) is 0.311. The first kappa shape index (κ1) is 16.8. The molecule has 3 aromatic rings. The minimum atomic E-state index is -0.577. The third kappa shape index (κ3) is 4.10. The molecule has 1 N–H and O–H groups in total. The zero-order valence-electron chi connectivity index (χ0n) is 13.9. The average molecular weight is 334 g/mol. The van der Waals surface area contributed by atoms with Crippen molar-refractivity contribution in [3.8, 4) is 0 Å². The molecule has 0 aliphatic rings. The van der Waals surface area contributed by atoms with Gasteiger partial charge in [0.2, 0.25) is 5.95 Å². The summed E-state index contributed by atoms with van der Waals surface area (Å²) in [6.45, 7) is 1.72. The Labute approximate surface area is 146 Å². The first-order valence-electron chi connectivity index (χ1n) is 8.13. The van der Waals surface area contributed by atoms with Gasteiger partial charge in [0.05, 0.1) is 5.71 Å². The number of aryl methyl sites for hydroxylation is 1. The molecule has 0 saturated carbocycles. The van der Waals surface area contributed by atoms with Crippen LogP contribution >= 0.6 is 0 Å². The predicted molar refractivity (Wildman–Crippen MR) is 96.6 cm³/mol. The molecule has 0 aliphatic carbocycles. The monoisotopic (exact) mass is 334 g/mol. The van der Waals surface area contributed by atoms with Gasteiger partial charge in [0.1, 0.15) is 0 Å². The summed E-state index contributed by atoms with van der Waals surface area (Å²) < 4.78 is 13.7. The molecule has 0 bridgehead atoms. The van der Waals surface area contributed by atoms with Gasteiger partial charge in [-0.25, -0.2) is 4.98 Å². The molecule has 3 nitrogen and oxygen atoms in total. The van der Waals surface area contributed by atoms with Crippen molar-refractivity contribution in [3.05, 3.63) is 101 Å². The van der Waals surface area contributed by atoms with Crippen LogP contribution in [0.5, 0.6) is 0 Å². The summed E-state index contributed by atoms with van der Waals surface area (Å²) in [7, 11) is 0. The molecule has 3 rings (SSSR count). The van der Waals surface area contributed by atoms with Crippen molar-refractivity contribution in [2.24, 2.45) is 5.16 Å². The van der Waals surface area contributed by atoms with E-state index in [2.05, 4.69) is 10.1 Å². The fraction of sp³-hybridized carbons (Fsp3) is 0.143. The molecule has 0 fully saturated rings. The molecule has 2 aromatic carbocycles. The lowest BCUT2D eigenvalue weighted by molar-refractivity contribution is 0.317. The summed E-state index contributed by atoms with van der Waals surface area (Å²) in [5.41, 5.74) is 3.75. The number of rotatable bonds is 5. The van der Waals surface area contributed by atoms with E-state index in [0.717, 1.165) is 11.1 Å². The Balaban J connectivity index is 1.99. The van der Waals surface area contributed by atoms with Gasteiger partial charge in [-0.15, -0.1) is 0 Å². The van der Waals surface area contributed by atoms with Crippen molar-refractivity contribution < 1.29 is 9.60 Å². The topological polar surface area (TPSA) is 45.5 Å². The van der Waals surface area contributed by atoms with Gasteiger partial charge in [0, 0.05) is 29.7 Å². The summed E-state index contributed by atoms with van der Waals surface area (Å²) in [4.78, 5) is 3.74. The Bertz CT molecular complexity index is 804. The Hall–Kier alpha value is -3.01. The van der Waals surface area contributed by atoms with E-state index in [1.807, 2.05) is 60.7 Å². The number of halogens is 1. The summed E-state index contributed by atoms with van der Waals surface area (Å²) in [6, 6.07) is 23.1. The summed E-state index contributed by atoms with van der Waals surface area (Å²) in [6.07, 6.45) is 0.452. The Kier molecular flexibility index (Phi) is 5.19. The molecular formula is C21H19FN2O. The number of benzene rings is 2. The maximum absolute atomic E-state index is 13.7. The number of oxime groups is 1. The fourth-order valence-electron chi connectivity index (χ4n) is 3.00. The van der Waals surface area contributed by atoms with Crippen LogP contribution < -0.4 is 0 Å². The fourth-order valence-corrected chi connectivity index (χ4v) is 3.00. The molecule has 0 unspecified atom stereocenters. The van der Waals surface area contributed by atoms with Crippen LogP contribution in [0.2, 0.25) is 0 Å². The van der Waals surface area contributed by atoms with Gasteiger partial charge in [-0.1, -0.05) is 65.8 Å². The van der Waals surface area contributed by atoms with Crippen molar-refractivity contribution in [2.45, 2.75) is 19.3 Å². The van der Waals surface area contributed by atoms with E-state index in [9.17, 15) is 9.60 Å². The van der Waals surface area contributed by atoms with Gasteiger partial charge in [-0.3, -0.25) is 0 Å². The number of aromatic nitrogens is 1. The smallest absolute Gasteiger partial charge is 0.213 e. The maximum Gasteiger partial charge on any atom is 0.213 e. The first-order valence-corrected chi connectivity index (χ1v) is 8.13. The van der Waals surface area contributed by atoms with E-state index >= 15 is 0 Å². The molecule has 25 heavy (non-hydrogen) atoms. The lowest BCUT2D eigenvalue weighted by Gasteiger charge is -2.19. The van der Waals surface area contributed by atoms with Crippen molar-refractivity contribution >= 4 is 5.71 Å². The number of pyridine rings is 1. The van der Waals surface area contributed by atoms with E-state index in [1.165, 1.54) is 6.07 Å². The second kappa shape index (κ2) is 7.71. The van der Waals surface area contributed by atoms with Crippen molar-refractivity contribution in [1.29, 1.82) is 0 Å². The molecule has 1 heterocycles.